The molecule has 0 aliphatic rings. The Labute approximate surface area is 86.8 Å². The molecule has 0 aromatic carbocycles. The average molecular weight is 209 g/mol. The Kier molecular flexibility index (Phi) is 4.34. The molecule has 4 heteroatoms. The highest BCUT2D eigenvalue weighted by atomic mass is 19.2. The normalized spacial score (nSPS) is 12.9. The fraction of sp³-hybridized carbons (Fsp3) is 0.0909. The van der Waals surface area contributed by atoms with Crippen LogP contribution in [0.4, 0.5) is 8.96 Å². The van der Waals surface area contributed by atoms with E-state index in [-0.39, 0.29) is 0 Å². The minimum absolute atomic E-state index is 0.458. The first-order valence-corrected chi connectivity index (χ1v) is 4.41. The van der Waals surface area contributed by atoms with E-state index < -0.39 is 0 Å². The third-order valence-corrected chi connectivity index (χ3v) is 1.82. The van der Waals surface area contributed by atoms with Crippen molar-refractivity contribution in [2.75, 3.05) is 0 Å². The second-order valence-corrected chi connectivity index (χ2v) is 2.88. The molecule has 78 valence electrons. The molecule has 2 nitrogen and oxygen atoms in total. The van der Waals surface area contributed by atoms with Gasteiger partial charge in [-0.1, -0.05) is 21.8 Å². The maximum absolute atomic E-state index is 13.2. The molecule has 1 aromatic rings. The average Bonchev–Trinajstić information content (AvgIpc) is 2.25. The van der Waals surface area contributed by atoms with Crippen molar-refractivity contribution in [1.82, 2.24) is 0 Å². The Morgan fingerprint density at radius 2 is 2.20 bits per heavy atom. The second kappa shape index (κ2) is 5.80. The molecular weight excluding hydrogens is 198 g/mol. The van der Waals surface area contributed by atoms with Gasteiger partial charge in [0, 0.05) is 22.5 Å². The van der Waals surface area contributed by atoms with E-state index in [0.29, 0.717) is 10.5 Å². The smallest absolute Gasteiger partial charge is 0.0956 e. The molecule has 0 fully saturated rings. The molecule has 0 saturated carbocycles. The van der Waals surface area contributed by atoms with Gasteiger partial charge in [0.05, 0.1) is 10.7 Å². The molecule has 0 amide bonds. The van der Waals surface area contributed by atoms with Gasteiger partial charge in [-0.05, 0) is 19.1 Å². The lowest BCUT2D eigenvalue weighted by Gasteiger charge is -1.92. The van der Waals surface area contributed by atoms with Crippen molar-refractivity contribution in [3.05, 3.63) is 48.3 Å². The summed E-state index contributed by atoms with van der Waals surface area (Å²) >= 11 is 0. The number of hydrogen-bond donors (Lipinski definition) is 0. The van der Waals surface area contributed by atoms with Gasteiger partial charge in [-0.15, -0.1) is 0 Å². The molecule has 0 radical (unpaired) electrons. The molecule has 1 aromatic heterocycles. The molecular formula is C11H11F2N2+. The molecule has 1 heterocycles. The van der Waals surface area contributed by atoms with Gasteiger partial charge in [-0.3, -0.25) is 0 Å². The van der Waals surface area contributed by atoms with Crippen molar-refractivity contribution in [3.63, 3.8) is 0 Å². The van der Waals surface area contributed by atoms with Gasteiger partial charge in [-0.2, -0.15) is 0 Å². The maximum Gasteiger partial charge on any atom is 0.256 e. The van der Waals surface area contributed by atoms with Crippen molar-refractivity contribution >= 4 is 11.8 Å². The molecule has 0 N–H and O–H groups in total. The summed E-state index contributed by atoms with van der Waals surface area (Å²) in [4.78, 5) is 0.531. The van der Waals surface area contributed by atoms with Crippen LogP contribution in [0.15, 0.2) is 47.8 Å². The highest BCUT2D eigenvalue weighted by molar-refractivity contribution is 5.72. The van der Waals surface area contributed by atoms with E-state index >= 15 is 0 Å². The first kappa shape index (κ1) is 11.2. The molecule has 0 bridgehead atoms. The lowest BCUT2D eigenvalue weighted by molar-refractivity contribution is -0.845. The van der Waals surface area contributed by atoms with E-state index in [2.05, 4.69) is 5.21 Å². The van der Waals surface area contributed by atoms with Gasteiger partial charge >= 0.3 is 0 Å². The van der Waals surface area contributed by atoms with Crippen LogP contribution in [0.25, 0.3) is 5.57 Å². The van der Waals surface area contributed by atoms with Crippen LogP contribution >= 0.6 is 0 Å². The predicted octanol–water partition coefficient (Wildman–Crippen LogP) is 2.62. The van der Waals surface area contributed by atoms with Gasteiger partial charge in [-0.25, -0.2) is 0 Å². The van der Waals surface area contributed by atoms with E-state index in [1.54, 1.807) is 37.3 Å². The summed E-state index contributed by atoms with van der Waals surface area (Å²) in [5.74, 6) is 0. The van der Waals surface area contributed by atoms with Crippen molar-refractivity contribution in [1.29, 1.82) is 0 Å². The van der Waals surface area contributed by atoms with Gasteiger partial charge < -0.3 is 0 Å². The molecule has 1 rings (SSSR count). The number of pyridine rings is 1. The van der Waals surface area contributed by atoms with Crippen LogP contribution in [-0.4, -0.2) is 6.21 Å². The van der Waals surface area contributed by atoms with E-state index in [0.717, 1.165) is 11.8 Å². The summed E-state index contributed by atoms with van der Waals surface area (Å²) in [6, 6.07) is 5.00. The molecule has 0 saturated heterocycles. The molecule has 15 heavy (non-hydrogen) atoms. The van der Waals surface area contributed by atoms with E-state index in [9.17, 15) is 8.96 Å². The Balaban J connectivity index is 2.85. The Morgan fingerprint density at radius 1 is 1.40 bits per heavy atom. The quantitative estimate of drug-likeness (QED) is 0.537. The van der Waals surface area contributed by atoms with Crippen LogP contribution in [0.2, 0.25) is 0 Å². The first-order chi connectivity index (χ1) is 7.25. The Morgan fingerprint density at radius 3 is 2.87 bits per heavy atom. The van der Waals surface area contributed by atoms with Crippen molar-refractivity contribution in [3.8, 4) is 0 Å². The number of aromatic nitrogens is 1. The fourth-order valence-corrected chi connectivity index (χ4v) is 1.09. The van der Waals surface area contributed by atoms with Crippen LogP contribution in [0.5, 0.6) is 0 Å². The fourth-order valence-electron chi connectivity index (χ4n) is 1.09. The summed E-state index contributed by atoms with van der Waals surface area (Å²) in [5.41, 5.74) is 1.20. The minimum Gasteiger partial charge on any atom is -0.0956 e. The highest BCUT2D eigenvalue weighted by Gasteiger charge is 2.09. The molecule has 0 atom stereocenters. The SMILES string of the molecule is C/C(=C\C=C/C=NF)c1cccc[n+]1F. The van der Waals surface area contributed by atoms with Crippen molar-refractivity contribution < 1.29 is 13.8 Å². The monoisotopic (exact) mass is 209 g/mol. The van der Waals surface area contributed by atoms with Crippen LogP contribution in [0, 0.1) is 0 Å². The summed E-state index contributed by atoms with van der Waals surface area (Å²) in [6.07, 6.45) is 7.02. The molecule has 0 unspecified atom stereocenters. The van der Waals surface area contributed by atoms with E-state index in [1.165, 1.54) is 12.3 Å². The third-order valence-electron chi connectivity index (χ3n) is 1.82. The minimum atomic E-state index is 0.458. The Bertz CT molecular complexity index is 409. The number of halogens is 2. The number of hydrogen-bond acceptors (Lipinski definition) is 1. The topological polar surface area (TPSA) is 16.2 Å². The standard InChI is InChI=1S/C11H11F2N2/c1-10(6-2-4-8-14-12)11-7-3-5-9-15(11)13/h2-9H,1H3/q+1/b4-2-,10-6+,14-8?. The van der Waals surface area contributed by atoms with Gasteiger partial charge in [0.15, 0.2) is 0 Å². The summed E-state index contributed by atoms with van der Waals surface area (Å²) in [5, 5.41) is 2.30. The largest absolute Gasteiger partial charge is 0.256 e. The number of nitrogens with zero attached hydrogens (tertiary/aromatic N) is 2. The molecule has 0 aliphatic heterocycles. The Hall–Kier alpha value is -1.84. The van der Waals surface area contributed by atoms with Crippen molar-refractivity contribution in [2.24, 2.45) is 5.21 Å². The lowest BCUT2D eigenvalue weighted by atomic mass is 10.2. The predicted molar refractivity (Wildman–Crippen MR) is 55.5 cm³/mol. The maximum atomic E-state index is 13.2. The van der Waals surface area contributed by atoms with Gasteiger partial charge in [0.2, 0.25) is 6.20 Å². The van der Waals surface area contributed by atoms with Gasteiger partial charge in [0.1, 0.15) is 0 Å². The third kappa shape index (κ3) is 3.42. The van der Waals surface area contributed by atoms with E-state index in [1.807, 2.05) is 0 Å². The number of allylic oxidation sites excluding steroid dienone is 4. The second-order valence-electron chi connectivity index (χ2n) is 2.88. The van der Waals surface area contributed by atoms with Crippen LogP contribution < -0.4 is 4.79 Å². The first-order valence-electron chi connectivity index (χ1n) is 4.41. The summed E-state index contributed by atoms with van der Waals surface area (Å²) < 4.78 is 24.5. The van der Waals surface area contributed by atoms with Crippen LogP contribution in [0.1, 0.15) is 12.6 Å². The number of rotatable bonds is 3. The zero-order valence-corrected chi connectivity index (χ0v) is 8.27. The lowest BCUT2D eigenvalue weighted by Crippen LogP contribution is -2.26. The zero-order valence-electron chi connectivity index (χ0n) is 8.27. The van der Waals surface area contributed by atoms with E-state index in [4.69, 9.17) is 0 Å². The molecule has 0 spiro atoms. The van der Waals surface area contributed by atoms with Crippen LogP contribution in [-0.2, 0) is 0 Å². The highest BCUT2D eigenvalue weighted by Crippen LogP contribution is 2.08. The summed E-state index contributed by atoms with van der Waals surface area (Å²) in [7, 11) is 0. The van der Waals surface area contributed by atoms with Gasteiger partial charge in [0.25, 0.3) is 5.69 Å². The van der Waals surface area contributed by atoms with Crippen molar-refractivity contribution in [2.45, 2.75) is 6.92 Å². The van der Waals surface area contributed by atoms with Crippen LogP contribution in [0.3, 0.4) is 0 Å². The molecule has 0 aliphatic carbocycles. The summed E-state index contributed by atoms with van der Waals surface area (Å²) in [6.45, 7) is 1.77. The zero-order chi connectivity index (χ0) is 11.1.